The maximum Gasteiger partial charge on any atom is 0.307 e. The minimum Gasteiger partial charge on any atom is -0.497 e. The first-order chi connectivity index (χ1) is 12.4. The largest absolute Gasteiger partial charge is 0.497 e. The van der Waals surface area contributed by atoms with Crippen LogP contribution in [0.2, 0.25) is 0 Å². The average Bonchev–Trinajstić information content (AvgIpc) is 2.95. The van der Waals surface area contributed by atoms with Gasteiger partial charge in [-0.2, -0.15) is 0 Å². The number of methoxy groups -OCH3 is 1. The SMILES string of the molecule is CCOc1ccc(Br)cc1-c1[nH]c2c(C)cc(OC)cc2c1CC(=O)O. The number of H-pyrrole nitrogens is 1. The van der Waals surface area contributed by atoms with Crippen LogP contribution in [0.25, 0.3) is 22.2 Å². The molecule has 3 aromatic rings. The van der Waals surface area contributed by atoms with Gasteiger partial charge in [0.05, 0.1) is 25.8 Å². The molecular weight excluding hydrogens is 398 g/mol. The van der Waals surface area contributed by atoms with Crippen molar-refractivity contribution in [2.75, 3.05) is 13.7 Å². The Bertz CT molecular complexity index is 978. The third kappa shape index (κ3) is 3.42. The highest BCUT2D eigenvalue weighted by Crippen LogP contribution is 2.39. The lowest BCUT2D eigenvalue weighted by Crippen LogP contribution is -2.02. The number of ether oxygens (including phenoxy) is 2. The molecule has 0 aliphatic heterocycles. The van der Waals surface area contributed by atoms with Gasteiger partial charge in [-0.25, -0.2) is 0 Å². The van der Waals surface area contributed by atoms with Crippen LogP contribution >= 0.6 is 15.9 Å². The molecule has 0 unspecified atom stereocenters. The highest BCUT2D eigenvalue weighted by atomic mass is 79.9. The first-order valence-electron chi connectivity index (χ1n) is 8.28. The number of aryl methyl sites for hydroxylation is 1. The number of aliphatic carboxylic acids is 1. The van der Waals surface area contributed by atoms with Crippen molar-refractivity contribution in [2.24, 2.45) is 0 Å². The molecule has 0 spiro atoms. The summed E-state index contributed by atoms with van der Waals surface area (Å²) in [6.07, 6.45) is -0.0972. The number of benzene rings is 2. The summed E-state index contributed by atoms with van der Waals surface area (Å²) in [4.78, 5) is 14.9. The van der Waals surface area contributed by atoms with E-state index in [1.807, 2.05) is 44.2 Å². The third-order valence-corrected chi connectivity index (χ3v) is 4.75. The Hall–Kier alpha value is -2.47. The summed E-state index contributed by atoms with van der Waals surface area (Å²) < 4.78 is 12.0. The standard InChI is InChI=1S/C20H20BrNO4/c1-4-26-17-6-5-12(21)8-16(17)20-15(10-18(23)24)14-9-13(25-3)7-11(2)19(14)22-20/h5-9,22H,4,10H2,1-3H3,(H,23,24). The zero-order valence-electron chi connectivity index (χ0n) is 14.9. The number of nitrogens with one attached hydrogen (secondary N) is 1. The molecule has 0 atom stereocenters. The number of carboxylic acid groups (broad SMARTS) is 1. The Morgan fingerprint density at radius 1 is 1.27 bits per heavy atom. The molecule has 0 fully saturated rings. The predicted molar refractivity (Wildman–Crippen MR) is 105 cm³/mol. The second kappa shape index (κ2) is 7.41. The molecule has 2 N–H and O–H groups in total. The van der Waals surface area contributed by atoms with E-state index in [4.69, 9.17) is 9.47 Å². The fourth-order valence-electron chi connectivity index (χ4n) is 3.15. The summed E-state index contributed by atoms with van der Waals surface area (Å²) in [5.41, 5.74) is 4.19. The molecule has 0 saturated carbocycles. The molecule has 5 nitrogen and oxygen atoms in total. The fourth-order valence-corrected chi connectivity index (χ4v) is 3.52. The van der Waals surface area contributed by atoms with Gasteiger partial charge in [0.2, 0.25) is 0 Å². The van der Waals surface area contributed by atoms with Crippen LogP contribution in [0, 0.1) is 6.92 Å². The lowest BCUT2D eigenvalue weighted by atomic mass is 10.0. The quantitative estimate of drug-likeness (QED) is 0.595. The molecule has 0 radical (unpaired) electrons. The van der Waals surface area contributed by atoms with E-state index in [9.17, 15) is 9.90 Å². The number of aromatic amines is 1. The number of aromatic nitrogens is 1. The van der Waals surface area contributed by atoms with E-state index in [2.05, 4.69) is 20.9 Å². The molecule has 26 heavy (non-hydrogen) atoms. The zero-order chi connectivity index (χ0) is 18.8. The monoisotopic (exact) mass is 417 g/mol. The van der Waals surface area contributed by atoms with E-state index < -0.39 is 5.97 Å². The van der Waals surface area contributed by atoms with E-state index >= 15 is 0 Å². The van der Waals surface area contributed by atoms with Crippen LogP contribution < -0.4 is 9.47 Å². The van der Waals surface area contributed by atoms with Gasteiger partial charge in [0.1, 0.15) is 11.5 Å². The van der Waals surface area contributed by atoms with Crippen LogP contribution in [0.5, 0.6) is 11.5 Å². The average molecular weight is 418 g/mol. The van der Waals surface area contributed by atoms with Crippen LogP contribution in [0.1, 0.15) is 18.1 Å². The molecule has 136 valence electrons. The van der Waals surface area contributed by atoms with Gasteiger partial charge in [0, 0.05) is 20.9 Å². The number of hydrogen-bond donors (Lipinski definition) is 2. The smallest absolute Gasteiger partial charge is 0.307 e. The first-order valence-corrected chi connectivity index (χ1v) is 9.07. The minimum atomic E-state index is -0.888. The van der Waals surface area contributed by atoms with Crippen molar-refractivity contribution in [2.45, 2.75) is 20.3 Å². The molecular formula is C20H20BrNO4. The van der Waals surface area contributed by atoms with Gasteiger partial charge in [-0.3, -0.25) is 4.79 Å². The Kier molecular flexibility index (Phi) is 5.23. The summed E-state index contributed by atoms with van der Waals surface area (Å²) in [7, 11) is 1.60. The maximum absolute atomic E-state index is 11.5. The number of rotatable bonds is 6. The van der Waals surface area contributed by atoms with Crippen molar-refractivity contribution in [1.82, 2.24) is 4.98 Å². The normalized spacial score (nSPS) is 10.9. The summed E-state index contributed by atoms with van der Waals surface area (Å²) >= 11 is 3.50. The number of fused-ring (bicyclic) bond motifs is 1. The molecule has 1 heterocycles. The van der Waals surface area contributed by atoms with E-state index in [0.29, 0.717) is 23.7 Å². The lowest BCUT2D eigenvalue weighted by molar-refractivity contribution is -0.136. The van der Waals surface area contributed by atoms with Crippen molar-refractivity contribution < 1.29 is 19.4 Å². The molecule has 0 saturated heterocycles. The highest BCUT2D eigenvalue weighted by Gasteiger charge is 2.20. The van der Waals surface area contributed by atoms with Crippen LogP contribution in [0.15, 0.2) is 34.8 Å². The van der Waals surface area contributed by atoms with Crippen LogP contribution in [-0.4, -0.2) is 29.8 Å². The third-order valence-electron chi connectivity index (χ3n) is 4.26. The summed E-state index contributed by atoms with van der Waals surface area (Å²) in [6.45, 7) is 4.42. The Morgan fingerprint density at radius 3 is 2.69 bits per heavy atom. The van der Waals surface area contributed by atoms with Crippen molar-refractivity contribution in [1.29, 1.82) is 0 Å². The van der Waals surface area contributed by atoms with Crippen molar-refractivity contribution in [3.8, 4) is 22.8 Å². The van der Waals surface area contributed by atoms with E-state index in [1.54, 1.807) is 7.11 Å². The first kappa shape index (κ1) is 18.3. The number of hydrogen-bond acceptors (Lipinski definition) is 3. The zero-order valence-corrected chi connectivity index (χ0v) is 16.4. The molecule has 0 amide bonds. The number of carbonyl (C=O) groups is 1. The predicted octanol–water partition coefficient (Wildman–Crippen LogP) is 4.94. The molecule has 6 heteroatoms. The lowest BCUT2D eigenvalue weighted by Gasteiger charge is -2.11. The van der Waals surface area contributed by atoms with Crippen LogP contribution in [0.4, 0.5) is 0 Å². The van der Waals surface area contributed by atoms with Gasteiger partial charge in [0.15, 0.2) is 0 Å². The van der Waals surface area contributed by atoms with Crippen LogP contribution in [0.3, 0.4) is 0 Å². The van der Waals surface area contributed by atoms with E-state index in [0.717, 1.165) is 32.2 Å². The maximum atomic E-state index is 11.5. The highest BCUT2D eigenvalue weighted by molar-refractivity contribution is 9.10. The van der Waals surface area contributed by atoms with Gasteiger partial charge in [-0.15, -0.1) is 0 Å². The number of carboxylic acids is 1. The minimum absolute atomic E-state index is 0.0972. The summed E-state index contributed by atoms with van der Waals surface area (Å²) in [5, 5.41) is 10.3. The van der Waals surface area contributed by atoms with Gasteiger partial charge in [0.25, 0.3) is 0 Å². The van der Waals surface area contributed by atoms with E-state index in [1.165, 1.54) is 0 Å². The molecule has 2 aromatic carbocycles. The molecule has 0 aliphatic carbocycles. The second-order valence-electron chi connectivity index (χ2n) is 5.99. The molecule has 0 bridgehead atoms. The number of halogens is 1. The van der Waals surface area contributed by atoms with Crippen molar-refractivity contribution in [3.63, 3.8) is 0 Å². The summed E-state index contributed by atoms with van der Waals surface area (Å²) in [6, 6.07) is 9.53. The van der Waals surface area contributed by atoms with Crippen molar-refractivity contribution >= 4 is 32.8 Å². The van der Waals surface area contributed by atoms with Gasteiger partial charge >= 0.3 is 5.97 Å². The van der Waals surface area contributed by atoms with Gasteiger partial charge in [-0.1, -0.05) is 15.9 Å². The van der Waals surface area contributed by atoms with Gasteiger partial charge < -0.3 is 19.6 Å². The van der Waals surface area contributed by atoms with Gasteiger partial charge in [-0.05, 0) is 55.3 Å². The molecule has 0 aliphatic rings. The Labute approximate surface area is 160 Å². The Morgan fingerprint density at radius 2 is 2.04 bits per heavy atom. The molecule has 3 rings (SSSR count). The van der Waals surface area contributed by atoms with Crippen molar-refractivity contribution in [3.05, 3.63) is 45.9 Å². The summed E-state index contributed by atoms with van der Waals surface area (Å²) in [5.74, 6) is 0.519. The fraction of sp³-hybridized carbons (Fsp3) is 0.250. The van der Waals surface area contributed by atoms with Crippen LogP contribution in [-0.2, 0) is 11.2 Å². The Balaban J connectivity index is 2.34. The second-order valence-corrected chi connectivity index (χ2v) is 6.91. The molecule has 1 aromatic heterocycles. The topological polar surface area (TPSA) is 71.5 Å². The van der Waals surface area contributed by atoms with E-state index in [-0.39, 0.29) is 6.42 Å².